The van der Waals surface area contributed by atoms with Gasteiger partial charge < -0.3 is 5.32 Å². The summed E-state index contributed by atoms with van der Waals surface area (Å²) in [5.41, 5.74) is -1.03. The molecular formula is C14H15F4NO. The van der Waals surface area contributed by atoms with Crippen LogP contribution in [-0.4, -0.2) is 5.91 Å². The zero-order chi connectivity index (χ0) is 15.1. The second-order valence-corrected chi connectivity index (χ2v) is 5.77. The fourth-order valence-electron chi connectivity index (χ4n) is 2.09. The van der Waals surface area contributed by atoms with E-state index >= 15 is 0 Å². The summed E-state index contributed by atoms with van der Waals surface area (Å²) in [5, 5.41) is 2.56. The van der Waals surface area contributed by atoms with Crippen molar-refractivity contribution in [3.63, 3.8) is 0 Å². The Morgan fingerprint density at radius 1 is 1.40 bits per heavy atom. The highest BCUT2D eigenvalue weighted by atomic mass is 19.4. The van der Waals surface area contributed by atoms with Crippen LogP contribution in [0, 0.1) is 17.2 Å². The van der Waals surface area contributed by atoms with Crippen molar-refractivity contribution in [2.24, 2.45) is 11.3 Å². The summed E-state index contributed by atoms with van der Waals surface area (Å²) in [5.74, 6) is -1.25. The molecule has 1 saturated carbocycles. The minimum absolute atomic E-state index is 0.0389. The molecule has 1 aliphatic rings. The van der Waals surface area contributed by atoms with Crippen LogP contribution in [0.4, 0.5) is 17.6 Å². The molecule has 1 N–H and O–H groups in total. The number of amides is 1. The topological polar surface area (TPSA) is 29.1 Å². The maximum Gasteiger partial charge on any atom is 0.416 e. The first-order valence-electron chi connectivity index (χ1n) is 6.24. The van der Waals surface area contributed by atoms with Gasteiger partial charge >= 0.3 is 6.18 Å². The van der Waals surface area contributed by atoms with E-state index in [-0.39, 0.29) is 29.3 Å². The highest BCUT2D eigenvalue weighted by Gasteiger charge is 2.50. The quantitative estimate of drug-likeness (QED) is 0.848. The number of carbonyl (C=O) groups is 1. The molecule has 110 valence electrons. The summed E-state index contributed by atoms with van der Waals surface area (Å²) < 4.78 is 50.7. The number of hydrogen-bond donors (Lipinski definition) is 1. The lowest BCUT2D eigenvalue weighted by molar-refractivity contribution is -0.137. The summed E-state index contributed by atoms with van der Waals surface area (Å²) in [6.07, 6.45) is -3.80. The van der Waals surface area contributed by atoms with Crippen molar-refractivity contribution < 1.29 is 22.4 Å². The lowest BCUT2D eigenvalue weighted by Gasteiger charge is -2.10. The van der Waals surface area contributed by atoms with E-state index in [1.165, 1.54) is 0 Å². The maximum atomic E-state index is 13.5. The number of rotatable bonds is 3. The van der Waals surface area contributed by atoms with Gasteiger partial charge in [0, 0.05) is 18.0 Å². The van der Waals surface area contributed by atoms with Crippen LogP contribution in [-0.2, 0) is 17.5 Å². The SMILES string of the molecule is CC1(C)CC1C(=O)NCc1ccc(C(F)(F)F)cc1F. The predicted octanol–water partition coefficient (Wildman–Crippen LogP) is 3.51. The molecule has 2 rings (SSSR count). The van der Waals surface area contributed by atoms with Crippen LogP contribution in [0.25, 0.3) is 0 Å². The summed E-state index contributed by atoms with van der Waals surface area (Å²) in [6, 6.07) is 2.31. The molecule has 6 heteroatoms. The lowest BCUT2D eigenvalue weighted by Crippen LogP contribution is -2.26. The molecule has 2 nitrogen and oxygen atoms in total. The predicted molar refractivity (Wildman–Crippen MR) is 65.1 cm³/mol. The fraction of sp³-hybridized carbons (Fsp3) is 0.500. The lowest BCUT2D eigenvalue weighted by atomic mass is 10.1. The van der Waals surface area contributed by atoms with E-state index < -0.39 is 17.6 Å². The third kappa shape index (κ3) is 3.11. The number of nitrogens with one attached hydrogen (secondary N) is 1. The first kappa shape index (κ1) is 14.8. The molecule has 1 aromatic rings. The molecule has 1 aromatic carbocycles. The van der Waals surface area contributed by atoms with Crippen LogP contribution >= 0.6 is 0 Å². The second-order valence-electron chi connectivity index (χ2n) is 5.77. The summed E-state index contributed by atoms with van der Waals surface area (Å²) >= 11 is 0. The van der Waals surface area contributed by atoms with Gasteiger partial charge in [0.15, 0.2) is 0 Å². The van der Waals surface area contributed by atoms with Gasteiger partial charge in [-0.2, -0.15) is 13.2 Å². The standard InChI is InChI=1S/C14H15F4NO/c1-13(2)6-10(13)12(20)19-7-8-3-4-9(5-11(8)15)14(16,17)18/h3-5,10H,6-7H2,1-2H3,(H,19,20). The number of alkyl halides is 3. The normalized spacial score (nSPS) is 20.6. The summed E-state index contributed by atoms with van der Waals surface area (Å²) in [4.78, 5) is 11.7. The monoisotopic (exact) mass is 289 g/mol. The molecule has 0 radical (unpaired) electrons. The highest BCUT2D eigenvalue weighted by Crippen LogP contribution is 2.51. The van der Waals surface area contributed by atoms with Gasteiger partial charge in [-0.25, -0.2) is 4.39 Å². The Balaban J connectivity index is 1.99. The summed E-state index contributed by atoms with van der Waals surface area (Å²) in [6.45, 7) is 3.81. The van der Waals surface area contributed by atoms with Gasteiger partial charge in [0.1, 0.15) is 5.82 Å². The third-order valence-electron chi connectivity index (χ3n) is 3.66. The number of halogens is 4. The van der Waals surface area contributed by atoms with Crippen molar-refractivity contribution in [1.82, 2.24) is 5.32 Å². The maximum absolute atomic E-state index is 13.5. The molecule has 1 fully saturated rings. The van der Waals surface area contributed by atoms with Crippen LogP contribution in [0.3, 0.4) is 0 Å². The van der Waals surface area contributed by atoms with Crippen molar-refractivity contribution in [2.45, 2.75) is 33.0 Å². The molecule has 1 unspecified atom stereocenters. The molecule has 0 heterocycles. The minimum Gasteiger partial charge on any atom is -0.352 e. The van der Waals surface area contributed by atoms with E-state index in [0.717, 1.165) is 18.6 Å². The highest BCUT2D eigenvalue weighted by molar-refractivity contribution is 5.82. The summed E-state index contributed by atoms with van der Waals surface area (Å²) in [7, 11) is 0. The Hall–Kier alpha value is -1.59. The molecule has 1 atom stereocenters. The molecule has 0 bridgehead atoms. The van der Waals surface area contributed by atoms with Crippen molar-refractivity contribution in [2.75, 3.05) is 0 Å². The average molecular weight is 289 g/mol. The molecule has 1 aliphatic carbocycles. The smallest absolute Gasteiger partial charge is 0.352 e. The Morgan fingerprint density at radius 2 is 2.00 bits per heavy atom. The van der Waals surface area contributed by atoms with Crippen molar-refractivity contribution in [1.29, 1.82) is 0 Å². The second kappa shape index (κ2) is 4.75. The molecule has 0 aliphatic heterocycles. The van der Waals surface area contributed by atoms with Gasteiger partial charge in [0.05, 0.1) is 5.56 Å². The first-order valence-corrected chi connectivity index (χ1v) is 6.24. The molecular weight excluding hydrogens is 274 g/mol. The molecule has 20 heavy (non-hydrogen) atoms. The van der Waals surface area contributed by atoms with Gasteiger partial charge in [-0.1, -0.05) is 19.9 Å². The molecule has 0 saturated heterocycles. The Morgan fingerprint density at radius 3 is 2.45 bits per heavy atom. The number of benzene rings is 1. The number of hydrogen-bond acceptors (Lipinski definition) is 1. The van der Waals surface area contributed by atoms with E-state index in [0.29, 0.717) is 6.07 Å². The van der Waals surface area contributed by atoms with Crippen LogP contribution in [0.15, 0.2) is 18.2 Å². The van der Waals surface area contributed by atoms with Crippen LogP contribution in [0.2, 0.25) is 0 Å². The first-order chi connectivity index (χ1) is 9.11. The Bertz CT molecular complexity index is 536. The largest absolute Gasteiger partial charge is 0.416 e. The van der Waals surface area contributed by atoms with E-state index in [9.17, 15) is 22.4 Å². The molecule has 0 aromatic heterocycles. The van der Waals surface area contributed by atoms with Gasteiger partial charge in [0.25, 0.3) is 0 Å². The van der Waals surface area contributed by atoms with Crippen LogP contribution in [0.1, 0.15) is 31.4 Å². The van der Waals surface area contributed by atoms with Gasteiger partial charge in [-0.3, -0.25) is 4.79 Å². The van der Waals surface area contributed by atoms with Gasteiger partial charge in [-0.15, -0.1) is 0 Å². The van der Waals surface area contributed by atoms with Crippen molar-refractivity contribution >= 4 is 5.91 Å². The minimum atomic E-state index is -4.57. The van der Waals surface area contributed by atoms with E-state index in [4.69, 9.17) is 0 Å². The van der Waals surface area contributed by atoms with Crippen molar-refractivity contribution in [3.05, 3.63) is 35.1 Å². The fourth-order valence-corrected chi connectivity index (χ4v) is 2.09. The number of carbonyl (C=O) groups excluding carboxylic acids is 1. The molecule has 1 amide bonds. The average Bonchev–Trinajstić information content (AvgIpc) is 2.95. The van der Waals surface area contributed by atoms with E-state index in [1.54, 1.807) is 0 Å². The Labute approximate surface area is 114 Å². The van der Waals surface area contributed by atoms with E-state index in [1.807, 2.05) is 13.8 Å². The van der Waals surface area contributed by atoms with E-state index in [2.05, 4.69) is 5.32 Å². The zero-order valence-corrected chi connectivity index (χ0v) is 11.1. The van der Waals surface area contributed by atoms with Gasteiger partial charge in [0.2, 0.25) is 5.91 Å². The van der Waals surface area contributed by atoms with Crippen LogP contribution < -0.4 is 5.32 Å². The zero-order valence-electron chi connectivity index (χ0n) is 11.1. The van der Waals surface area contributed by atoms with Crippen molar-refractivity contribution in [3.8, 4) is 0 Å². The Kier molecular flexibility index (Phi) is 3.52. The molecule has 0 spiro atoms. The third-order valence-corrected chi connectivity index (χ3v) is 3.66. The van der Waals surface area contributed by atoms with Crippen LogP contribution in [0.5, 0.6) is 0 Å². The van der Waals surface area contributed by atoms with Gasteiger partial charge in [-0.05, 0) is 24.0 Å².